The minimum absolute atomic E-state index is 0.0868. The summed E-state index contributed by atoms with van der Waals surface area (Å²) in [6, 6.07) is 7.84. The molecule has 0 aliphatic heterocycles. The van der Waals surface area contributed by atoms with E-state index < -0.39 is 0 Å². The average molecular weight is 241 g/mol. The first-order valence-corrected chi connectivity index (χ1v) is 6.70. The van der Waals surface area contributed by atoms with E-state index in [1.54, 1.807) is 18.9 Å². The highest BCUT2D eigenvalue weighted by Crippen LogP contribution is 2.24. The Balaban J connectivity index is 2.62. The first-order chi connectivity index (χ1) is 7.81. The number of hydrogen-bond acceptors (Lipinski definition) is 4. The van der Waals surface area contributed by atoms with E-state index in [1.165, 1.54) is 0 Å². The van der Waals surface area contributed by atoms with E-state index in [0.29, 0.717) is 0 Å². The number of nitrogens with one attached hydrogen (secondary N) is 1. The van der Waals surface area contributed by atoms with Crippen LogP contribution < -0.4 is 10.1 Å². The zero-order chi connectivity index (χ0) is 11.8. The predicted octanol–water partition coefficient (Wildman–Crippen LogP) is 2.22. The Labute approximate surface area is 101 Å². The van der Waals surface area contributed by atoms with Crippen LogP contribution in [0.15, 0.2) is 24.3 Å². The molecule has 1 atom stereocenters. The molecule has 2 N–H and O–H groups in total. The SMILES string of the molecule is COc1ccccc1NC(CO)CCSC. The van der Waals surface area contributed by atoms with E-state index in [9.17, 15) is 5.11 Å². The number of aliphatic hydroxyl groups is 1. The Bertz CT molecular complexity index is 307. The van der Waals surface area contributed by atoms with E-state index in [2.05, 4.69) is 11.6 Å². The van der Waals surface area contributed by atoms with Crippen LogP contribution in [0, 0.1) is 0 Å². The molecule has 0 heterocycles. The number of hydrogen-bond donors (Lipinski definition) is 2. The summed E-state index contributed by atoms with van der Waals surface area (Å²) in [7, 11) is 1.65. The number of thioether (sulfide) groups is 1. The summed E-state index contributed by atoms with van der Waals surface area (Å²) in [6.07, 6.45) is 3.01. The standard InChI is InChI=1S/C12H19NO2S/c1-15-12-6-4-3-5-11(12)13-10(9-14)7-8-16-2/h3-6,10,13-14H,7-9H2,1-2H3. The highest BCUT2D eigenvalue weighted by molar-refractivity contribution is 7.98. The van der Waals surface area contributed by atoms with Crippen LogP contribution in [0.1, 0.15) is 6.42 Å². The van der Waals surface area contributed by atoms with E-state index >= 15 is 0 Å². The van der Waals surface area contributed by atoms with Gasteiger partial charge in [0.25, 0.3) is 0 Å². The number of anilines is 1. The van der Waals surface area contributed by atoms with Crippen LogP contribution in [0.2, 0.25) is 0 Å². The minimum atomic E-state index is 0.0868. The zero-order valence-electron chi connectivity index (χ0n) is 9.77. The molecule has 1 aromatic rings. The Morgan fingerprint density at radius 1 is 1.44 bits per heavy atom. The Morgan fingerprint density at radius 2 is 2.19 bits per heavy atom. The molecule has 0 amide bonds. The van der Waals surface area contributed by atoms with Gasteiger partial charge in [-0.25, -0.2) is 0 Å². The van der Waals surface area contributed by atoms with Crippen molar-refractivity contribution in [2.75, 3.05) is 31.0 Å². The minimum Gasteiger partial charge on any atom is -0.495 e. The van der Waals surface area contributed by atoms with Gasteiger partial charge in [-0.05, 0) is 30.6 Å². The summed E-state index contributed by atoms with van der Waals surface area (Å²) in [4.78, 5) is 0. The van der Waals surface area contributed by atoms with Gasteiger partial charge in [0.1, 0.15) is 5.75 Å². The molecule has 0 aliphatic rings. The molecule has 3 nitrogen and oxygen atoms in total. The highest BCUT2D eigenvalue weighted by atomic mass is 32.2. The first kappa shape index (κ1) is 13.2. The van der Waals surface area contributed by atoms with Gasteiger partial charge in [0.15, 0.2) is 0 Å². The molecule has 1 rings (SSSR count). The number of ether oxygens (including phenoxy) is 1. The third-order valence-corrected chi connectivity index (χ3v) is 3.00. The fraction of sp³-hybridized carbons (Fsp3) is 0.500. The molecular formula is C12H19NO2S. The topological polar surface area (TPSA) is 41.5 Å². The van der Waals surface area contributed by atoms with Crippen LogP contribution in [-0.4, -0.2) is 36.9 Å². The average Bonchev–Trinajstić information content (AvgIpc) is 2.34. The summed E-state index contributed by atoms with van der Waals surface area (Å²) >= 11 is 1.78. The maximum absolute atomic E-state index is 9.26. The van der Waals surface area contributed by atoms with Crippen molar-refractivity contribution < 1.29 is 9.84 Å². The van der Waals surface area contributed by atoms with Gasteiger partial charge in [-0.15, -0.1) is 0 Å². The molecule has 1 unspecified atom stereocenters. The van der Waals surface area contributed by atoms with Crippen molar-refractivity contribution in [1.29, 1.82) is 0 Å². The third-order valence-electron chi connectivity index (χ3n) is 2.36. The lowest BCUT2D eigenvalue weighted by Gasteiger charge is -2.18. The second-order valence-corrected chi connectivity index (χ2v) is 4.49. The quantitative estimate of drug-likeness (QED) is 0.768. The zero-order valence-corrected chi connectivity index (χ0v) is 10.6. The van der Waals surface area contributed by atoms with Gasteiger partial charge < -0.3 is 15.2 Å². The predicted molar refractivity (Wildman–Crippen MR) is 70.5 cm³/mol. The molecule has 0 saturated heterocycles. The largest absolute Gasteiger partial charge is 0.495 e. The van der Waals surface area contributed by atoms with Crippen molar-refractivity contribution in [2.45, 2.75) is 12.5 Å². The Hall–Kier alpha value is -0.870. The van der Waals surface area contributed by atoms with Crippen molar-refractivity contribution in [1.82, 2.24) is 0 Å². The van der Waals surface area contributed by atoms with Crippen molar-refractivity contribution >= 4 is 17.4 Å². The van der Waals surface area contributed by atoms with Crippen LogP contribution in [0.25, 0.3) is 0 Å². The number of rotatable bonds is 7. The van der Waals surface area contributed by atoms with Crippen molar-refractivity contribution in [2.24, 2.45) is 0 Å². The van der Waals surface area contributed by atoms with E-state index in [4.69, 9.17) is 4.74 Å². The molecule has 0 bridgehead atoms. The summed E-state index contributed by atoms with van der Waals surface area (Å²) in [5.41, 5.74) is 0.935. The van der Waals surface area contributed by atoms with Crippen LogP contribution in [-0.2, 0) is 0 Å². The smallest absolute Gasteiger partial charge is 0.141 e. The number of methoxy groups -OCH3 is 1. The van der Waals surface area contributed by atoms with E-state index in [1.807, 2.05) is 24.3 Å². The van der Waals surface area contributed by atoms with Gasteiger partial charge in [-0.3, -0.25) is 0 Å². The number of para-hydroxylation sites is 2. The summed E-state index contributed by atoms with van der Waals surface area (Å²) < 4.78 is 5.25. The molecule has 0 aromatic heterocycles. The Kier molecular flexibility index (Phi) is 6.11. The van der Waals surface area contributed by atoms with Crippen LogP contribution >= 0.6 is 11.8 Å². The van der Waals surface area contributed by atoms with Crippen molar-refractivity contribution in [3.63, 3.8) is 0 Å². The van der Waals surface area contributed by atoms with Gasteiger partial charge in [-0.1, -0.05) is 12.1 Å². The van der Waals surface area contributed by atoms with Gasteiger partial charge in [-0.2, -0.15) is 11.8 Å². The second-order valence-electron chi connectivity index (χ2n) is 3.51. The summed E-state index contributed by atoms with van der Waals surface area (Å²) in [5.74, 6) is 1.85. The maximum atomic E-state index is 9.26. The van der Waals surface area contributed by atoms with E-state index in [-0.39, 0.29) is 12.6 Å². The molecular weight excluding hydrogens is 222 g/mol. The van der Waals surface area contributed by atoms with Gasteiger partial charge in [0.2, 0.25) is 0 Å². The first-order valence-electron chi connectivity index (χ1n) is 5.31. The molecule has 90 valence electrons. The third kappa shape index (κ3) is 3.94. The monoisotopic (exact) mass is 241 g/mol. The molecule has 0 spiro atoms. The molecule has 16 heavy (non-hydrogen) atoms. The fourth-order valence-electron chi connectivity index (χ4n) is 1.45. The molecule has 0 aliphatic carbocycles. The molecule has 0 radical (unpaired) electrons. The van der Waals surface area contributed by atoms with Gasteiger partial charge in [0, 0.05) is 0 Å². The molecule has 1 aromatic carbocycles. The van der Waals surface area contributed by atoms with Gasteiger partial charge in [0.05, 0.1) is 25.4 Å². The van der Waals surface area contributed by atoms with Crippen LogP contribution in [0.3, 0.4) is 0 Å². The number of benzene rings is 1. The van der Waals surface area contributed by atoms with E-state index in [0.717, 1.165) is 23.6 Å². The fourth-order valence-corrected chi connectivity index (χ4v) is 1.97. The lowest BCUT2D eigenvalue weighted by atomic mass is 10.2. The summed E-state index contributed by atoms with van der Waals surface area (Å²) in [6.45, 7) is 0.138. The maximum Gasteiger partial charge on any atom is 0.141 e. The molecule has 0 saturated carbocycles. The lowest BCUT2D eigenvalue weighted by Crippen LogP contribution is -2.24. The summed E-state index contributed by atoms with van der Waals surface area (Å²) in [5, 5.41) is 12.6. The van der Waals surface area contributed by atoms with Gasteiger partial charge >= 0.3 is 0 Å². The van der Waals surface area contributed by atoms with Crippen molar-refractivity contribution in [3.05, 3.63) is 24.3 Å². The second kappa shape index (κ2) is 7.41. The number of aliphatic hydroxyl groups excluding tert-OH is 1. The Morgan fingerprint density at radius 3 is 2.81 bits per heavy atom. The molecule has 0 fully saturated rings. The normalized spacial score (nSPS) is 12.2. The van der Waals surface area contributed by atoms with Crippen molar-refractivity contribution in [3.8, 4) is 5.75 Å². The van der Waals surface area contributed by atoms with Crippen LogP contribution in [0.4, 0.5) is 5.69 Å². The van der Waals surface area contributed by atoms with Crippen LogP contribution in [0.5, 0.6) is 5.75 Å². The molecule has 4 heteroatoms. The lowest BCUT2D eigenvalue weighted by molar-refractivity contribution is 0.272. The highest BCUT2D eigenvalue weighted by Gasteiger charge is 2.09.